The van der Waals surface area contributed by atoms with Gasteiger partial charge in [-0.2, -0.15) is 0 Å². The summed E-state index contributed by atoms with van der Waals surface area (Å²) in [5.41, 5.74) is 6.16. The third-order valence-corrected chi connectivity index (χ3v) is 15.4. The lowest BCUT2D eigenvalue weighted by atomic mass is 9.88. The summed E-state index contributed by atoms with van der Waals surface area (Å²) in [5, 5.41) is 15.3. The van der Waals surface area contributed by atoms with Gasteiger partial charge in [0.2, 0.25) is 47.3 Å². The van der Waals surface area contributed by atoms with Gasteiger partial charge in [-0.3, -0.25) is 47.9 Å². The molecule has 5 N–H and O–H groups in total. The van der Waals surface area contributed by atoms with E-state index in [1.54, 1.807) is 83.7 Å². The second-order valence-electron chi connectivity index (χ2n) is 25.2. The van der Waals surface area contributed by atoms with Gasteiger partial charge in [-0.15, -0.1) is 0 Å². The van der Waals surface area contributed by atoms with Gasteiger partial charge in [0.1, 0.15) is 30.2 Å². The number of carboxylic acids is 1. The van der Waals surface area contributed by atoms with E-state index in [4.69, 9.17) is 10.5 Å². The summed E-state index contributed by atoms with van der Waals surface area (Å²) < 4.78 is 6.20. The minimum atomic E-state index is -1.38. The molecular formula is C61H103N9O12. The number of carbonyl (C=O) groups excluding carboxylic acids is 9. The number of likely N-dealkylation sites (tertiary alicyclic amines) is 1. The Kier molecular flexibility index (Phi) is 29.4. The van der Waals surface area contributed by atoms with E-state index in [1.807, 2.05) is 41.5 Å². The van der Waals surface area contributed by atoms with Crippen molar-refractivity contribution in [1.82, 2.24) is 40.0 Å². The zero-order chi connectivity index (χ0) is 62.7. The third kappa shape index (κ3) is 22.0. The second kappa shape index (κ2) is 33.4. The second-order valence-corrected chi connectivity index (χ2v) is 25.2. The van der Waals surface area contributed by atoms with Crippen molar-refractivity contribution in [3.8, 4) is 0 Å². The van der Waals surface area contributed by atoms with Crippen LogP contribution in [0.1, 0.15) is 147 Å². The normalized spacial score (nSPS) is 16.2. The Labute approximate surface area is 489 Å². The molecule has 82 heavy (non-hydrogen) atoms. The number of aliphatic carboxylic acids is 1. The Morgan fingerprint density at radius 1 is 0.659 bits per heavy atom. The predicted molar refractivity (Wildman–Crippen MR) is 315 cm³/mol. The fourth-order valence-corrected chi connectivity index (χ4v) is 10.5. The molecule has 0 spiro atoms. The molecule has 1 saturated heterocycles. The lowest BCUT2D eigenvalue weighted by Gasteiger charge is -2.38. The number of carbonyl (C=O) groups is 10. The highest BCUT2D eigenvalue weighted by atomic mass is 16.5. The summed E-state index contributed by atoms with van der Waals surface area (Å²) in [6.45, 7) is 23.9. The number of hydrogen-bond acceptors (Lipinski definition) is 12. The number of ether oxygens (including phenoxy) is 1. The number of hydrogen-bond donors (Lipinski definition) is 4. The SMILES string of the molecule is CC[C@H](C)[C@@H](C(=O)C[C@@H](COC(C)(C)C)C(=O)N(C)[C@@H](Cc1ccccc1)C(=O)N(C)[C@H](C(=O)N[C@@H](CC(=O)O)C(=O)N1CCCCC1)C(C)C)N(C)C(=O)CN(C)C(=O)[C@@H](NC(=O)[C@H](CC(C)C)N(C)C(=O)[C@@H](N)CC(C)C)C(C)C. The molecule has 1 aromatic carbocycles. The molecule has 1 aromatic rings. The maximum atomic E-state index is 15.1. The van der Waals surface area contributed by atoms with E-state index in [0.717, 1.165) is 19.3 Å². The van der Waals surface area contributed by atoms with Gasteiger partial charge in [-0.1, -0.05) is 106 Å². The van der Waals surface area contributed by atoms with Gasteiger partial charge in [0.05, 0.1) is 43.2 Å². The van der Waals surface area contributed by atoms with Crippen LogP contribution in [0, 0.1) is 35.5 Å². The lowest BCUT2D eigenvalue weighted by molar-refractivity contribution is -0.153. The van der Waals surface area contributed by atoms with E-state index in [2.05, 4.69) is 10.6 Å². The average Bonchev–Trinajstić information content (AvgIpc) is 3.57. The molecule has 21 heteroatoms. The molecule has 1 heterocycles. The topological polar surface area (TPSA) is 270 Å². The number of piperidine rings is 1. The van der Waals surface area contributed by atoms with Crippen LogP contribution < -0.4 is 16.4 Å². The molecule has 0 bridgehead atoms. The molecular weight excluding hydrogens is 1050 g/mol. The Morgan fingerprint density at radius 2 is 1.22 bits per heavy atom. The van der Waals surface area contributed by atoms with E-state index in [9.17, 15) is 43.5 Å². The molecule has 0 saturated carbocycles. The van der Waals surface area contributed by atoms with Crippen LogP contribution in [0.25, 0.3) is 0 Å². The zero-order valence-electron chi connectivity index (χ0n) is 52.8. The van der Waals surface area contributed by atoms with Crippen LogP contribution in [0.3, 0.4) is 0 Å². The molecule has 0 radical (unpaired) electrons. The van der Waals surface area contributed by atoms with Crippen LogP contribution in [-0.4, -0.2) is 203 Å². The Balaban J connectivity index is 2.53. The number of benzene rings is 1. The van der Waals surface area contributed by atoms with E-state index in [0.29, 0.717) is 37.9 Å². The molecule has 0 unspecified atom stereocenters. The first kappa shape index (κ1) is 72.1. The fraction of sp³-hybridized carbons (Fsp3) is 0.738. The number of amides is 8. The largest absolute Gasteiger partial charge is 0.481 e. The van der Waals surface area contributed by atoms with Crippen molar-refractivity contribution in [3.05, 3.63) is 35.9 Å². The highest BCUT2D eigenvalue weighted by molar-refractivity contribution is 5.98. The van der Waals surface area contributed by atoms with Crippen molar-refractivity contribution in [3.63, 3.8) is 0 Å². The van der Waals surface area contributed by atoms with Gasteiger partial charge >= 0.3 is 5.97 Å². The first-order valence-electron chi connectivity index (χ1n) is 29.4. The fourth-order valence-electron chi connectivity index (χ4n) is 10.5. The van der Waals surface area contributed by atoms with Crippen LogP contribution in [-0.2, 0) is 59.1 Å². The summed E-state index contributed by atoms with van der Waals surface area (Å²) in [4.78, 5) is 149. The van der Waals surface area contributed by atoms with Crippen LogP contribution >= 0.6 is 0 Å². The highest BCUT2D eigenvalue weighted by Gasteiger charge is 2.43. The van der Waals surface area contributed by atoms with Gasteiger partial charge in [0.25, 0.3) is 0 Å². The highest BCUT2D eigenvalue weighted by Crippen LogP contribution is 2.25. The Bertz CT molecular complexity index is 2300. The predicted octanol–water partition coefficient (Wildman–Crippen LogP) is 4.62. The number of Topliss-reactive ketones (excluding diaryl/α,β-unsaturated/α-hetero) is 1. The number of likely N-dealkylation sites (N-methyl/N-ethyl adjacent to an activating group) is 5. The lowest BCUT2D eigenvalue weighted by Crippen LogP contribution is -2.60. The first-order chi connectivity index (χ1) is 38.1. The van der Waals surface area contributed by atoms with Crippen molar-refractivity contribution in [1.29, 1.82) is 0 Å². The van der Waals surface area contributed by atoms with Crippen molar-refractivity contribution in [2.24, 2.45) is 41.2 Å². The average molecular weight is 1150 g/mol. The zero-order valence-corrected chi connectivity index (χ0v) is 52.8. The van der Waals surface area contributed by atoms with Crippen molar-refractivity contribution in [2.75, 3.05) is 61.5 Å². The van der Waals surface area contributed by atoms with Gasteiger partial charge in [-0.05, 0) is 88.0 Å². The number of nitrogens with two attached hydrogens (primary N) is 1. The summed E-state index contributed by atoms with van der Waals surface area (Å²) >= 11 is 0. The summed E-state index contributed by atoms with van der Waals surface area (Å²) in [7, 11) is 7.32. The number of nitrogens with one attached hydrogen (secondary N) is 2. The monoisotopic (exact) mass is 1150 g/mol. The molecule has 1 fully saturated rings. The van der Waals surface area contributed by atoms with Crippen LogP contribution in [0.4, 0.5) is 0 Å². The standard InChI is InChI=1S/C61H103N9O12/c1-19-41(10)53(68(17)49(72)35-65(14)60(81)51(39(6)7)64-54(75)46(31-38(4)5)66(15)57(78)44(62)30-37(2)3)48(71)33-43(36-82-61(11,12)13)56(77)67(16)47(32-42-26-22-20-23-27-42)59(80)69(18)52(40(8)9)55(76)63-45(34-50(73)74)58(79)70-28-24-21-25-29-70/h20,22-23,26-27,37-41,43-47,51-53H,19,21,24-25,28-36,62H2,1-18H3,(H,63,76)(H,64,75)(H,73,74)/t41-,43-,44-,45-,46-,47-,51-,52-,53-/m0/s1. The minimum Gasteiger partial charge on any atom is -0.481 e. The Morgan fingerprint density at radius 3 is 1.72 bits per heavy atom. The number of rotatable bonds is 32. The van der Waals surface area contributed by atoms with Crippen molar-refractivity contribution >= 4 is 59.0 Å². The van der Waals surface area contributed by atoms with Crippen LogP contribution in [0.15, 0.2) is 30.3 Å². The van der Waals surface area contributed by atoms with Crippen molar-refractivity contribution < 1.29 is 57.8 Å². The van der Waals surface area contributed by atoms with E-state index in [-0.39, 0.29) is 30.8 Å². The molecule has 464 valence electrons. The molecule has 1 aliphatic heterocycles. The van der Waals surface area contributed by atoms with E-state index < -0.39 is 144 Å². The maximum absolute atomic E-state index is 15.1. The number of carboxylic acid groups (broad SMARTS) is 1. The third-order valence-electron chi connectivity index (χ3n) is 15.4. The van der Waals surface area contributed by atoms with Gasteiger partial charge in [0.15, 0.2) is 5.78 Å². The minimum absolute atomic E-state index is 0.00270. The molecule has 1 aliphatic rings. The quantitative estimate of drug-likeness (QED) is 0.0768. The summed E-state index contributed by atoms with van der Waals surface area (Å²) in [6, 6.07) is 1.23. The van der Waals surface area contributed by atoms with Gasteiger partial charge in [0, 0.05) is 61.2 Å². The van der Waals surface area contributed by atoms with Crippen LogP contribution in [0.2, 0.25) is 0 Å². The number of nitrogens with zero attached hydrogens (tertiary/aromatic N) is 6. The van der Waals surface area contributed by atoms with Crippen molar-refractivity contribution in [2.45, 2.75) is 196 Å². The van der Waals surface area contributed by atoms with E-state index >= 15 is 9.59 Å². The van der Waals surface area contributed by atoms with E-state index in [1.165, 1.54) is 59.7 Å². The molecule has 8 amide bonds. The molecule has 0 aromatic heterocycles. The molecule has 0 aliphatic carbocycles. The smallest absolute Gasteiger partial charge is 0.305 e. The number of ketones is 1. The van der Waals surface area contributed by atoms with Crippen LogP contribution in [0.5, 0.6) is 0 Å². The molecule has 2 rings (SSSR count). The van der Waals surface area contributed by atoms with Gasteiger partial charge in [-0.25, -0.2) is 0 Å². The molecule has 21 nitrogen and oxygen atoms in total. The Hall–Kier alpha value is -5.96. The summed E-state index contributed by atoms with van der Waals surface area (Å²) in [6.07, 6.45) is 2.54. The maximum Gasteiger partial charge on any atom is 0.305 e. The summed E-state index contributed by atoms with van der Waals surface area (Å²) in [5.74, 6) is -8.74. The van der Waals surface area contributed by atoms with Gasteiger partial charge < -0.3 is 55.6 Å². The molecule has 9 atom stereocenters. The first-order valence-corrected chi connectivity index (χ1v) is 29.4.